The molecule has 0 N–H and O–H groups in total. The summed E-state index contributed by atoms with van der Waals surface area (Å²) in [6.07, 6.45) is -4.68. The first-order chi connectivity index (χ1) is 9.75. The van der Waals surface area contributed by atoms with Gasteiger partial charge in [0.1, 0.15) is 5.82 Å². The number of rotatable bonds is 3. The van der Waals surface area contributed by atoms with E-state index in [0.29, 0.717) is 4.47 Å². The third-order valence-corrected chi connectivity index (χ3v) is 3.26. The van der Waals surface area contributed by atoms with E-state index >= 15 is 0 Å². The van der Waals surface area contributed by atoms with Crippen LogP contribution in [0.25, 0.3) is 0 Å². The van der Waals surface area contributed by atoms with Gasteiger partial charge >= 0.3 is 6.18 Å². The molecule has 6 heteroatoms. The Balaban J connectivity index is 2.23. The van der Waals surface area contributed by atoms with Crippen molar-refractivity contribution in [2.75, 3.05) is 0 Å². The standard InChI is InChI=1S/C15H9BrF4O/c16-12-6-10(7-13(17)8-12)14(21)5-9-2-1-3-11(4-9)15(18,19)20/h1-4,6-8H,5H2. The van der Waals surface area contributed by atoms with E-state index in [9.17, 15) is 22.4 Å². The molecule has 0 aliphatic rings. The molecule has 0 saturated carbocycles. The third kappa shape index (κ3) is 4.14. The lowest BCUT2D eigenvalue weighted by Crippen LogP contribution is -2.08. The Hall–Kier alpha value is -1.69. The van der Waals surface area contributed by atoms with Gasteiger partial charge in [-0.2, -0.15) is 13.2 Å². The number of alkyl halides is 3. The Morgan fingerprint density at radius 1 is 1.10 bits per heavy atom. The zero-order chi connectivity index (χ0) is 15.6. The van der Waals surface area contributed by atoms with Crippen LogP contribution in [-0.2, 0) is 12.6 Å². The minimum absolute atomic E-state index is 0.110. The molecule has 0 aliphatic carbocycles. The summed E-state index contributed by atoms with van der Waals surface area (Å²) in [4.78, 5) is 12.0. The van der Waals surface area contributed by atoms with Crippen LogP contribution in [0.15, 0.2) is 46.9 Å². The average molecular weight is 361 g/mol. The van der Waals surface area contributed by atoms with Crippen molar-refractivity contribution in [2.24, 2.45) is 0 Å². The van der Waals surface area contributed by atoms with Crippen LogP contribution in [0.2, 0.25) is 0 Å². The summed E-state index contributed by atoms with van der Waals surface area (Å²) in [7, 11) is 0. The van der Waals surface area contributed by atoms with Crippen molar-refractivity contribution in [3.05, 3.63) is 69.4 Å². The second-order valence-electron chi connectivity index (χ2n) is 4.46. The van der Waals surface area contributed by atoms with Crippen LogP contribution in [0, 0.1) is 5.82 Å². The number of hydrogen-bond acceptors (Lipinski definition) is 1. The fourth-order valence-corrected chi connectivity index (χ4v) is 2.33. The average Bonchev–Trinajstić information content (AvgIpc) is 2.37. The molecule has 0 amide bonds. The van der Waals surface area contributed by atoms with Crippen LogP contribution in [0.4, 0.5) is 17.6 Å². The van der Waals surface area contributed by atoms with Gasteiger partial charge in [0.05, 0.1) is 5.56 Å². The number of carbonyl (C=O) groups excluding carboxylic acids is 1. The Labute approximate surface area is 126 Å². The monoisotopic (exact) mass is 360 g/mol. The molecule has 0 radical (unpaired) electrons. The SMILES string of the molecule is O=C(Cc1cccc(C(F)(F)F)c1)c1cc(F)cc(Br)c1. The second kappa shape index (κ2) is 5.97. The topological polar surface area (TPSA) is 17.1 Å². The first kappa shape index (κ1) is 15.7. The van der Waals surface area contributed by atoms with E-state index in [-0.39, 0.29) is 17.5 Å². The molecule has 0 saturated heterocycles. The summed E-state index contributed by atoms with van der Waals surface area (Å²) in [5.41, 5.74) is -0.470. The molecule has 0 atom stereocenters. The van der Waals surface area contributed by atoms with Crippen molar-refractivity contribution in [1.29, 1.82) is 0 Å². The lowest BCUT2D eigenvalue weighted by molar-refractivity contribution is -0.137. The van der Waals surface area contributed by atoms with Gasteiger partial charge in [-0.05, 0) is 29.8 Å². The molecule has 1 nitrogen and oxygen atoms in total. The summed E-state index contributed by atoms with van der Waals surface area (Å²) < 4.78 is 51.4. The molecule has 0 aromatic heterocycles. The van der Waals surface area contributed by atoms with Gasteiger partial charge < -0.3 is 0 Å². The van der Waals surface area contributed by atoms with Gasteiger partial charge in [-0.1, -0.05) is 34.1 Å². The van der Waals surface area contributed by atoms with Gasteiger partial charge in [0, 0.05) is 16.5 Å². The van der Waals surface area contributed by atoms with E-state index in [0.717, 1.165) is 18.2 Å². The maximum Gasteiger partial charge on any atom is 0.416 e. The molecule has 0 heterocycles. The number of hydrogen-bond donors (Lipinski definition) is 0. The van der Waals surface area contributed by atoms with E-state index in [1.165, 1.54) is 24.3 Å². The van der Waals surface area contributed by atoms with Gasteiger partial charge in [0.2, 0.25) is 0 Å². The molecular weight excluding hydrogens is 352 g/mol. The first-order valence-corrected chi connectivity index (χ1v) is 6.70. The van der Waals surface area contributed by atoms with Crippen molar-refractivity contribution in [1.82, 2.24) is 0 Å². The van der Waals surface area contributed by atoms with Crippen LogP contribution in [0.5, 0.6) is 0 Å². The highest BCUT2D eigenvalue weighted by molar-refractivity contribution is 9.10. The summed E-state index contributed by atoms with van der Waals surface area (Å²) in [6.45, 7) is 0. The lowest BCUT2D eigenvalue weighted by atomic mass is 10.0. The summed E-state index contributed by atoms with van der Waals surface area (Å²) in [5, 5.41) is 0. The zero-order valence-electron chi connectivity index (χ0n) is 10.5. The van der Waals surface area contributed by atoms with Crippen molar-refractivity contribution < 1.29 is 22.4 Å². The summed E-state index contributed by atoms with van der Waals surface area (Å²) >= 11 is 3.06. The molecule has 110 valence electrons. The highest BCUT2D eigenvalue weighted by Crippen LogP contribution is 2.29. The molecule has 21 heavy (non-hydrogen) atoms. The Kier molecular flexibility index (Phi) is 4.46. The molecule has 0 fully saturated rings. The Bertz CT molecular complexity index is 659. The predicted molar refractivity (Wildman–Crippen MR) is 73.6 cm³/mol. The molecule has 0 spiro atoms. The van der Waals surface area contributed by atoms with Crippen LogP contribution in [0.3, 0.4) is 0 Å². The molecule has 2 aromatic rings. The van der Waals surface area contributed by atoms with Gasteiger partial charge in [-0.15, -0.1) is 0 Å². The first-order valence-electron chi connectivity index (χ1n) is 5.91. The van der Waals surface area contributed by atoms with Gasteiger partial charge in [0.15, 0.2) is 5.78 Å². The number of ketones is 1. The number of halogens is 5. The van der Waals surface area contributed by atoms with Crippen LogP contribution >= 0.6 is 15.9 Å². The Morgan fingerprint density at radius 3 is 2.43 bits per heavy atom. The van der Waals surface area contributed by atoms with Crippen LogP contribution in [-0.4, -0.2) is 5.78 Å². The highest BCUT2D eigenvalue weighted by Gasteiger charge is 2.30. The fraction of sp³-hybridized carbons (Fsp3) is 0.133. The normalized spacial score (nSPS) is 11.5. The van der Waals surface area contributed by atoms with E-state index in [1.54, 1.807) is 0 Å². The molecule has 0 aliphatic heterocycles. The van der Waals surface area contributed by atoms with Crippen molar-refractivity contribution in [3.63, 3.8) is 0 Å². The molecular formula is C15H9BrF4O. The fourth-order valence-electron chi connectivity index (χ4n) is 1.86. The maximum atomic E-state index is 13.2. The smallest absolute Gasteiger partial charge is 0.294 e. The van der Waals surface area contributed by atoms with E-state index < -0.39 is 23.3 Å². The Morgan fingerprint density at radius 2 is 1.81 bits per heavy atom. The molecule has 2 aromatic carbocycles. The van der Waals surface area contributed by atoms with Crippen LogP contribution in [0.1, 0.15) is 21.5 Å². The van der Waals surface area contributed by atoms with Crippen LogP contribution < -0.4 is 0 Å². The van der Waals surface area contributed by atoms with Crippen molar-refractivity contribution in [3.8, 4) is 0 Å². The molecule has 0 bridgehead atoms. The van der Waals surface area contributed by atoms with Gasteiger partial charge in [0.25, 0.3) is 0 Å². The largest absolute Gasteiger partial charge is 0.416 e. The minimum atomic E-state index is -4.46. The predicted octanol–water partition coefficient (Wildman–Crippen LogP) is 5.03. The summed E-state index contributed by atoms with van der Waals surface area (Å²) in [5.74, 6) is -1.04. The molecule has 2 rings (SSSR count). The second-order valence-corrected chi connectivity index (χ2v) is 5.37. The minimum Gasteiger partial charge on any atom is -0.294 e. The van der Waals surface area contributed by atoms with E-state index in [4.69, 9.17) is 0 Å². The van der Waals surface area contributed by atoms with E-state index in [1.807, 2.05) is 0 Å². The highest BCUT2D eigenvalue weighted by atomic mass is 79.9. The molecule has 0 unspecified atom stereocenters. The number of benzene rings is 2. The number of Topliss-reactive ketones (excluding diaryl/α,β-unsaturated/α-hetero) is 1. The van der Waals surface area contributed by atoms with Gasteiger partial charge in [-0.3, -0.25) is 4.79 Å². The maximum absolute atomic E-state index is 13.2. The zero-order valence-corrected chi connectivity index (χ0v) is 12.1. The van der Waals surface area contributed by atoms with Crippen molar-refractivity contribution >= 4 is 21.7 Å². The summed E-state index contributed by atoms with van der Waals surface area (Å²) in [6, 6.07) is 8.22. The van der Waals surface area contributed by atoms with E-state index in [2.05, 4.69) is 15.9 Å². The van der Waals surface area contributed by atoms with Crippen molar-refractivity contribution in [2.45, 2.75) is 12.6 Å². The third-order valence-electron chi connectivity index (χ3n) is 2.80. The number of carbonyl (C=O) groups is 1. The lowest BCUT2D eigenvalue weighted by Gasteiger charge is -2.08. The quantitative estimate of drug-likeness (QED) is 0.554. The van der Waals surface area contributed by atoms with Gasteiger partial charge in [-0.25, -0.2) is 4.39 Å².